The van der Waals surface area contributed by atoms with Crippen LogP contribution >= 0.6 is 15.9 Å². The van der Waals surface area contributed by atoms with E-state index >= 15 is 0 Å². The molecular formula is C14H13BrFNO. The molecule has 0 unspecified atom stereocenters. The third-order valence-electron chi connectivity index (χ3n) is 2.54. The molecule has 0 bridgehead atoms. The maximum atomic E-state index is 13.6. The largest absolute Gasteiger partial charge is 0.489 e. The molecule has 0 amide bonds. The first-order chi connectivity index (χ1) is 8.69. The minimum atomic E-state index is -0.276. The van der Waals surface area contributed by atoms with E-state index in [2.05, 4.69) is 15.9 Å². The van der Waals surface area contributed by atoms with E-state index in [-0.39, 0.29) is 12.4 Å². The number of hydrogen-bond donors (Lipinski definition) is 1. The fourth-order valence-electron chi connectivity index (χ4n) is 1.58. The Morgan fingerprint density at radius 3 is 2.72 bits per heavy atom. The van der Waals surface area contributed by atoms with Gasteiger partial charge in [-0.1, -0.05) is 28.1 Å². The normalized spacial score (nSPS) is 10.4. The Balaban J connectivity index is 2.10. The van der Waals surface area contributed by atoms with Gasteiger partial charge >= 0.3 is 0 Å². The molecule has 0 heterocycles. The van der Waals surface area contributed by atoms with Crippen LogP contribution in [0.25, 0.3) is 0 Å². The predicted octanol–water partition coefficient (Wildman–Crippen LogP) is 3.63. The highest BCUT2D eigenvalue weighted by atomic mass is 79.9. The standard InChI is InChI=1S/C14H13BrFNO/c15-12-2-1-3-13(7-12)18-9-11-6-10(8-17)4-5-14(11)16/h1-7H,8-9,17H2. The maximum Gasteiger partial charge on any atom is 0.129 e. The summed E-state index contributed by atoms with van der Waals surface area (Å²) in [5.74, 6) is 0.420. The molecule has 0 atom stereocenters. The zero-order chi connectivity index (χ0) is 13.0. The molecule has 0 fully saturated rings. The maximum absolute atomic E-state index is 13.6. The van der Waals surface area contributed by atoms with Crippen molar-refractivity contribution >= 4 is 15.9 Å². The average Bonchev–Trinajstić information content (AvgIpc) is 2.38. The lowest BCUT2D eigenvalue weighted by atomic mass is 10.1. The highest BCUT2D eigenvalue weighted by Crippen LogP contribution is 2.20. The van der Waals surface area contributed by atoms with Gasteiger partial charge in [-0.25, -0.2) is 4.39 Å². The fraction of sp³-hybridized carbons (Fsp3) is 0.143. The van der Waals surface area contributed by atoms with Crippen molar-refractivity contribution in [3.8, 4) is 5.75 Å². The molecule has 2 N–H and O–H groups in total. The highest BCUT2D eigenvalue weighted by Gasteiger charge is 2.04. The lowest BCUT2D eigenvalue weighted by Crippen LogP contribution is -2.02. The van der Waals surface area contributed by atoms with E-state index in [1.54, 1.807) is 12.1 Å². The van der Waals surface area contributed by atoms with Crippen molar-refractivity contribution in [1.82, 2.24) is 0 Å². The fourth-order valence-corrected chi connectivity index (χ4v) is 1.96. The molecule has 2 nitrogen and oxygen atoms in total. The molecule has 0 aliphatic rings. The van der Waals surface area contributed by atoms with Gasteiger partial charge in [0.15, 0.2) is 0 Å². The van der Waals surface area contributed by atoms with E-state index < -0.39 is 0 Å². The Morgan fingerprint density at radius 2 is 2.00 bits per heavy atom. The molecule has 2 aromatic carbocycles. The van der Waals surface area contributed by atoms with E-state index in [1.807, 2.05) is 24.3 Å². The second-order valence-corrected chi connectivity index (χ2v) is 4.79. The molecule has 0 saturated carbocycles. The van der Waals surface area contributed by atoms with Gasteiger partial charge in [-0.3, -0.25) is 0 Å². The van der Waals surface area contributed by atoms with Crippen LogP contribution in [0.2, 0.25) is 0 Å². The Hall–Kier alpha value is -1.39. The van der Waals surface area contributed by atoms with Gasteiger partial charge in [-0.05, 0) is 35.9 Å². The van der Waals surface area contributed by atoms with Gasteiger partial charge in [0, 0.05) is 16.6 Å². The monoisotopic (exact) mass is 309 g/mol. The number of ether oxygens (including phenoxy) is 1. The van der Waals surface area contributed by atoms with Crippen LogP contribution in [0.4, 0.5) is 4.39 Å². The highest BCUT2D eigenvalue weighted by molar-refractivity contribution is 9.10. The molecule has 2 aromatic rings. The summed E-state index contributed by atoms with van der Waals surface area (Å²) in [4.78, 5) is 0. The van der Waals surface area contributed by atoms with Crippen molar-refractivity contribution < 1.29 is 9.13 Å². The summed E-state index contributed by atoms with van der Waals surface area (Å²) in [5.41, 5.74) is 6.93. The van der Waals surface area contributed by atoms with Gasteiger partial charge in [0.25, 0.3) is 0 Å². The lowest BCUT2D eigenvalue weighted by molar-refractivity contribution is 0.299. The van der Waals surface area contributed by atoms with Crippen molar-refractivity contribution in [3.05, 3.63) is 63.9 Å². The number of benzene rings is 2. The minimum absolute atomic E-state index is 0.191. The number of rotatable bonds is 4. The first-order valence-corrected chi connectivity index (χ1v) is 6.34. The Labute approximate surface area is 114 Å². The molecule has 0 aromatic heterocycles. The Bertz CT molecular complexity index is 545. The quantitative estimate of drug-likeness (QED) is 0.936. The zero-order valence-corrected chi connectivity index (χ0v) is 11.3. The van der Waals surface area contributed by atoms with Crippen molar-refractivity contribution in [2.75, 3.05) is 0 Å². The summed E-state index contributed by atoms with van der Waals surface area (Å²) in [6.45, 7) is 0.584. The topological polar surface area (TPSA) is 35.2 Å². The van der Waals surface area contributed by atoms with Crippen LogP contribution in [0.1, 0.15) is 11.1 Å². The molecule has 4 heteroatoms. The summed E-state index contributed by atoms with van der Waals surface area (Å²) >= 11 is 3.36. The summed E-state index contributed by atoms with van der Waals surface area (Å²) < 4.78 is 20.0. The van der Waals surface area contributed by atoms with Crippen LogP contribution in [0.3, 0.4) is 0 Å². The molecule has 0 saturated heterocycles. The van der Waals surface area contributed by atoms with Gasteiger partial charge in [0.2, 0.25) is 0 Å². The lowest BCUT2D eigenvalue weighted by Gasteiger charge is -2.08. The molecular weight excluding hydrogens is 297 g/mol. The Kier molecular flexibility index (Phi) is 4.33. The van der Waals surface area contributed by atoms with Crippen molar-refractivity contribution in [3.63, 3.8) is 0 Å². The number of halogens is 2. The van der Waals surface area contributed by atoms with Crippen LogP contribution < -0.4 is 10.5 Å². The molecule has 94 valence electrons. The van der Waals surface area contributed by atoms with Gasteiger partial charge in [-0.2, -0.15) is 0 Å². The molecule has 18 heavy (non-hydrogen) atoms. The van der Waals surface area contributed by atoms with E-state index in [1.165, 1.54) is 6.07 Å². The first-order valence-electron chi connectivity index (χ1n) is 5.55. The molecule has 0 radical (unpaired) electrons. The smallest absolute Gasteiger partial charge is 0.129 e. The van der Waals surface area contributed by atoms with E-state index in [0.717, 1.165) is 10.0 Å². The van der Waals surface area contributed by atoms with Crippen LogP contribution in [0.5, 0.6) is 5.75 Å². The first kappa shape index (κ1) is 13.1. The predicted molar refractivity (Wildman–Crippen MR) is 72.8 cm³/mol. The summed E-state index contributed by atoms with van der Waals surface area (Å²) in [6.07, 6.45) is 0. The zero-order valence-electron chi connectivity index (χ0n) is 9.70. The number of hydrogen-bond acceptors (Lipinski definition) is 2. The van der Waals surface area contributed by atoms with E-state index in [4.69, 9.17) is 10.5 Å². The molecule has 0 spiro atoms. The van der Waals surface area contributed by atoms with Crippen molar-refractivity contribution in [1.29, 1.82) is 0 Å². The second kappa shape index (κ2) is 5.98. The molecule has 2 rings (SSSR count). The number of nitrogens with two attached hydrogens (primary N) is 1. The summed E-state index contributed by atoms with van der Waals surface area (Å²) in [7, 11) is 0. The SMILES string of the molecule is NCc1ccc(F)c(COc2cccc(Br)c2)c1. The molecule has 0 aliphatic heterocycles. The summed E-state index contributed by atoms with van der Waals surface area (Å²) in [5, 5.41) is 0. The van der Waals surface area contributed by atoms with Crippen molar-refractivity contribution in [2.24, 2.45) is 5.73 Å². The van der Waals surface area contributed by atoms with Gasteiger partial charge in [0.1, 0.15) is 18.2 Å². The van der Waals surface area contributed by atoms with Crippen LogP contribution in [-0.4, -0.2) is 0 Å². The van der Waals surface area contributed by atoms with E-state index in [9.17, 15) is 4.39 Å². The van der Waals surface area contributed by atoms with E-state index in [0.29, 0.717) is 17.9 Å². The van der Waals surface area contributed by atoms with Crippen LogP contribution in [0.15, 0.2) is 46.9 Å². The third-order valence-corrected chi connectivity index (χ3v) is 3.03. The molecule has 0 aliphatic carbocycles. The van der Waals surface area contributed by atoms with Crippen LogP contribution in [0, 0.1) is 5.82 Å². The van der Waals surface area contributed by atoms with Gasteiger partial charge < -0.3 is 10.5 Å². The van der Waals surface area contributed by atoms with Crippen molar-refractivity contribution in [2.45, 2.75) is 13.2 Å². The second-order valence-electron chi connectivity index (χ2n) is 3.88. The summed E-state index contributed by atoms with van der Waals surface area (Å²) in [6, 6.07) is 12.3. The third kappa shape index (κ3) is 3.31. The van der Waals surface area contributed by atoms with Gasteiger partial charge in [-0.15, -0.1) is 0 Å². The van der Waals surface area contributed by atoms with Gasteiger partial charge in [0.05, 0.1) is 0 Å². The Morgan fingerprint density at radius 1 is 1.17 bits per heavy atom. The van der Waals surface area contributed by atoms with Crippen LogP contribution in [-0.2, 0) is 13.2 Å². The average molecular weight is 310 g/mol. The minimum Gasteiger partial charge on any atom is -0.489 e.